The predicted molar refractivity (Wildman–Crippen MR) is 54.3 cm³/mol. The second-order valence-corrected chi connectivity index (χ2v) is 3.76. The van der Waals surface area contributed by atoms with Crippen LogP contribution in [0.1, 0.15) is 0 Å². The van der Waals surface area contributed by atoms with Crippen molar-refractivity contribution in [2.75, 3.05) is 0 Å². The Labute approximate surface area is 78.2 Å². The Hall–Kier alpha value is -1.20. The van der Waals surface area contributed by atoms with Crippen LogP contribution in [0, 0.1) is 5.82 Å². The summed E-state index contributed by atoms with van der Waals surface area (Å²) in [6.07, 6.45) is 0. The fraction of sp³-hybridized carbons (Fsp3) is 0. The number of benzene rings is 1. The van der Waals surface area contributed by atoms with E-state index in [4.69, 9.17) is 0 Å². The zero-order valence-corrected chi connectivity index (χ0v) is 7.84. The van der Waals surface area contributed by atoms with E-state index in [1.54, 1.807) is 12.1 Å². The van der Waals surface area contributed by atoms with Crippen molar-refractivity contribution in [2.45, 2.75) is 0 Å². The van der Waals surface area contributed by atoms with Crippen molar-refractivity contribution < 1.29 is 4.39 Å². The lowest BCUT2D eigenvalue weighted by Gasteiger charge is -1.98. The molecule has 2 aromatic rings. The van der Waals surface area contributed by atoms with E-state index in [1.165, 1.54) is 25.6 Å². The third kappa shape index (κ3) is 1.93. The zero-order valence-electron chi connectivity index (χ0n) is 6.94. The Kier molecular flexibility index (Phi) is 2.37. The van der Waals surface area contributed by atoms with Crippen LogP contribution in [-0.4, -0.2) is 0 Å². The summed E-state index contributed by atoms with van der Waals surface area (Å²) in [7, 11) is 1.17. The third-order valence-corrected chi connectivity index (χ3v) is 2.81. The van der Waals surface area contributed by atoms with E-state index in [0.29, 0.717) is 0 Å². The lowest BCUT2D eigenvalue weighted by molar-refractivity contribution is 0.628. The van der Waals surface area contributed by atoms with Gasteiger partial charge in [-0.3, -0.25) is 0 Å². The zero-order chi connectivity index (χ0) is 9.10. The second-order valence-electron chi connectivity index (χ2n) is 2.72. The maximum Gasteiger partial charge on any atom is 0.123 e. The van der Waals surface area contributed by atoms with Gasteiger partial charge in [-0.2, -0.15) is 0 Å². The van der Waals surface area contributed by atoms with Crippen molar-refractivity contribution in [1.82, 2.24) is 0 Å². The summed E-state index contributed by atoms with van der Waals surface area (Å²) < 4.78 is 12.6. The molecule has 0 fully saturated rings. The highest BCUT2D eigenvalue weighted by atomic mass is 31.0. The van der Waals surface area contributed by atoms with Gasteiger partial charge in [0, 0.05) is 5.30 Å². The Balaban J connectivity index is 2.42. The second kappa shape index (κ2) is 3.68. The number of hydrogen-bond acceptors (Lipinski definition) is 0. The van der Waals surface area contributed by atoms with Crippen molar-refractivity contribution >= 4 is 8.19 Å². The van der Waals surface area contributed by atoms with Gasteiger partial charge in [0.25, 0.3) is 0 Å². The van der Waals surface area contributed by atoms with Gasteiger partial charge in [-0.25, -0.2) is 4.39 Å². The summed E-state index contributed by atoms with van der Waals surface area (Å²) in [5.41, 5.74) is 1.09. The normalized spacial score (nSPS) is 10.5. The van der Waals surface area contributed by atoms with Crippen LogP contribution in [0.25, 0.3) is 10.9 Å². The number of rotatable bonds is 1. The van der Waals surface area contributed by atoms with Crippen LogP contribution < -0.4 is 0 Å². The highest BCUT2D eigenvalue weighted by molar-refractivity contribution is 7.33. The quantitative estimate of drug-likeness (QED) is 0.635. The maximum absolute atomic E-state index is 12.6. The summed E-state index contributed by atoms with van der Waals surface area (Å²) in [6, 6.07) is 12.6. The molecule has 2 rings (SSSR count). The predicted octanol–water partition coefficient (Wildman–Crippen LogP) is 4.07. The molecular weight excluding hydrogens is 182 g/mol. The standard InChI is InChI=1S/C11H8FP/c12-10-6-4-9(5-7-10)11-3-1-2-8-13-11/h1-8H. The molecule has 1 heterocycles. The molecule has 0 amide bonds. The molecule has 0 aliphatic heterocycles. The fourth-order valence-electron chi connectivity index (χ4n) is 1.15. The van der Waals surface area contributed by atoms with Crippen LogP contribution in [0.3, 0.4) is 0 Å². The summed E-state index contributed by atoms with van der Waals surface area (Å²) in [4.78, 5) is 0. The highest BCUT2D eigenvalue weighted by Crippen LogP contribution is 2.26. The molecule has 0 aliphatic carbocycles. The molecule has 0 nitrogen and oxygen atoms in total. The monoisotopic (exact) mass is 190 g/mol. The Bertz CT molecular complexity index is 381. The van der Waals surface area contributed by atoms with Crippen LogP contribution in [0.4, 0.5) is 4.39 Å². The topological polar surface area (TPSA) is 0 Å². The average molecular weight is 190 g/mol. The number of halogens is 1. The van der Waals surface area contributed by atoms with Crippen LogP contribution in [-0.2, 0) is 0 Å². The first-order chi connectivity index (χ1) is 6.36. The fourth-order valence-corrected chi connectivity index (χ4v) is 1.97. The Morgan fingerprint density at radius 2 is 1.69 bits per heavy atom. The van der Waals surface area contributed by atoms with E-state index in [1.807, 2.05) is 12.1 Å². The molecule has 0 aliphatic rings. The van der Waals surface area contributed by atoms with Crippen LogP contribution in [0.5, 0.6) is 0 Å². The van der Waals surface area contributed by atoms with Gasteiger partial charge in [-0.1, -0.05) is 32.5 Å². The first-order valence-electron chi connectivity index (χ1n) is 4.03. The molecule has 2 heteroatoms. The minimum Gasteiger partial charge on any atom is -0.207 e. The maximum atomic E-state index is 12.6. The first-order valence-corrected chi connectivity index (χ1v) is 4.99. The van der Waals surface area contributed by atoms with Gasteiger partial charge in [0.05, 0.1) is 0 Å². The molecule has 1 aromatic heterocycles. The smallest absolute Gasteiger partial charge is 0.123 e. The summed E-state index contributed by atoms with van der Waals surface area (Å²) in [5, 5.41) is 1.21. The molecule has 13 heavy (non-hydrogen) atoms. The summed E-state index contributed by atoms with van der Waals surface area (Å²) in [6.45, 7) is 0. The van der Waals surface area contributed by atoms with Gasteiger partial charge in [0.2, 0.25) is 0 Å². The van der Waals surface area contributed by atoms with E-state index in [9.17, 15) is 4.39 Å². The molecule has 0 unspecified atom stereocenters. The Morgan fingerprint density at radius 1 is 0.923 bits per heavy atom. The van der Waals surface area contributed by atoms with Crippen molar-refractivity contribution in [3.63, 3.8) is 0 Å². The molecule has 0 bridgehead atoms. The van der Waals surface area contributed by atoms with Crippen molar-refractivity contribution in [1.29, 1.82) is 0 Å². The molecule has 64 valence electrons. The highest BCUT2D eigenvalue weighted by Gasteiger charge is 1.95. The molecule has 0 N–H and O–H groups in total. The van der Waals surface area contributed by atoms with Crippen LogP contribution in [0.2, 0.25) is 0 Å². The molecule has 1 aromatic carbocycles. The van der Waals surface area contributed by atoms with Crippen LogP contribution in [0.15, 0.2) is 48.3 Å². The lowest BCUT2D eigenvalue weighted by atomic mass is 10.2. The van der Waals surface area contributed by atoms with Crippen molar-refractivity contribution in [2.24, 2.45) is 0 Å². The van der Waals surface area contributed by atoms with Gasteiger partial charge in [0.15, 0.2) is 0 Å². The summed E-state index contributed by atoms with van der Waals surface area (Å²) >= 11 is 0. The van der Waals surface area contributed by atoms with E-state index in [0.717, 1.165) is 5.56 Å². The summed E-state index contributed by atoms with van der Waals surface area (Å²) in [5.74, 6) is 1.88. The van der Waals surface area contributed by atoms with Gasteiger partial charge in [-0.15, -0.1) is 0 Å². The van der Waals surface area contributed by atoms with Crippen molar-refractivity contribution in [3.05, 3.63) is 54.1 Å². The molecule has 0 saturated heterocycles. The molecular formula is C11H8FP. The largest absolute Gasteiger partial charge is 0.207 e. The first kappa shape index (κ1) is 8.40. The third-order valence-electron chi connectivity index (χ3n) is 1.80. The Morgan fingerprint density at radius 3 is 2.31 bits per heavy atom. The van der Waals surface area contributed by atoms with Gasteiger partial charge < -0.3 is 0 Å². The number of hydrogen-bond donors (Lipinski definition) is 0. The molecule has 0 saturated carbocycles. The minimum absolute atomic E-state index is 0.184. The molecule has 0 atom stereocenters. The lowest BCUT2D eigenvalue weighted by Crippen LogP contribution is -1.74. The minimum atomic E-state index is -0.184. The van der Waals surface area contributed by atoms with E-state index in [-0.39, 0.29) is 5.82 Å². The van der Waals surface area contributed by atoms with E-state index >= 15 is 0 Å². The van der Waals surface area contributed by atoms with Crippen molar-refractivity contribution in [3.8, 4) is 10.9 Å². The average Bonchev–Trinajstić information content (AvgIpc) is 2.20. The van der Waals surface area contributed by atoms with Gasteiger partial charge in [0.1, 0.15) is 5.82 Å². The molecule has 0 spiro atoms. The van der Waals surface area contributed by atoms with E-state index < -0.39 is 0 Å². The van der Waals surface area contributed by atoms with E-state index in [2.05, 4.69) is 11.9 Å². The van der Waals surface area contributed by atoms with Gasteiger partial charge >= 0.3 is 0 Å². The van der Waals surface area contributed by atoms with Crippen LogP contribution >= 0.6 is 8.19 Å². The SMILES string of the molecule is Fc1ccc(-c2ccccp2)cc1. The molecule has 0 radical (unpaired) electrons. The van der Waals surface area contributed by atoms with Gasteiger partial charge in [-0.05, 0) is 29.6 Å².